The largest absolute Gasteiger partial charge is 0.481 e. The van der Waals surface area contributed by atoms with Crippen molar-refractivity contribution in [2.75, 3.05) is 0 Å². The molecule has 0 bridgehead atoms. The molecule has 2 N–H and O–H groups in total. The molecule has 1 aliphatic rings. The summed E-state index contributed by atoms with van der Waals surface area (Å²) in [6.07, 6.45) is 1.62. The fourth-order valence-corrected chi connectivity index (χ4v) is 2.50. The molecule has 7 nitrogen and oxygen atoms in total. The fraction of sp³-hybridized carbons (Fsp3) is 0.385. The second kappa shape index (κ2) is 6.21. The number of benzene rings is 1. The highest BCUT2D eigenvalue weighted by Crippen LogP contribution is 2.34. The van der Waals surface area contributed by atoms with Crippen molar-refractivity contribution in [3.05, 3.63) is 38.3 Å². The SMILES string of the molecule is O=C(O)CC(NC(=O)c1cc([N+](=O)[O-])ccc1Br)C1CC1. The summed E-state index contributed by atoms with van der Waals surface area (Å²) >= 11 is 3.17. The van der Waals surface area contributed by atoms with Crippen LogP contribution in [0.4, 0.5) is 5.69 Å². The molecule has 1 unspecified atom stereocenters. The van der Waals surface area contributed by atoms with Crippen LogP contribution in [0, 0.1) is 16.0 Å². The van der Waals surface area contributed by atoms with Crippen LogP contribution in [0.25, 0.3) is 0 Å². The normalized spacial score (nSPS) is 15.3. The minimum Gasteiger partial charge on any atom is -0.481 e. The molecule has 112 valence electrons. The molecule has 0 aromatic heterocycles. The molecule has 21 heavy (non-hydrogen) atoms. The van der Waals surface area contributed by atoms with Crippen molar-refractivity contribution in [2.24, 2.45) is 5.92 Å². The highest BCUT2D eigenvalue weighted by atomic mass is 79.9. The Morgan fingerprint density at radius 2 is 2.14 bits per heavy atom. The monoisotopic (exact) mass is 356 g/mol. The van der Waals surface area contributed by atoms with Gasteiger partial charge in [-0.1, -0.05) is 0 Å². The van der Waals surface area contributed by atoms with Crippen molar-refractivity contribution < 1.29 is 19.6 Å². The Kier molecular flexibility index (Phi) is 4.56. The molecule has 0 spiro atoms. The Bertz CT molecular complexity index is 600. The molecule has 0 radical (unpaired) electrons. The van der Waals surface area contributed by atoms with Crippen molar-refractivity contribution in [3.63, 3.8) is 0 Å². The predicted molar refractivity (Wildman–Crippen MR) is 77.0 cm³/mol. The first-order valence-corrected chi connectivity index (χ1v) is 7.14. The van der Waals surface area contributed by atoms with Crippen LogP contribution in [0.1, 0.15) is 29.6 Å². The maximum absolute atomic E-state index is 12.2. The quantitative estimate of drug-likeness (QED) is 0.600. The van der Waals surface area contributed by atoms with E-state index in [0.29, 0.717) is 4.47 Å². The number of nitro benzene ring substituents is 1. The van der Waals surface area contributed by atoms with Gasteiger partial charge in [-0.15, -0.1) is 0 Å². The van der Waals surface area contributed by atoms with E-state index in [9.17, 15) is 19.7 Å². The van der Waals surface area contributed by atoms with E-state index in [2.05, 4.69) is 21.2 Å². The fourth-order valence-electron chi connectivity index (χ4n) is 2.07. The van der Waals surface area contributed by atoms with E-state index in [1.54, 1.807) is 0 Å². The highest BCUT2D eigenvalue weighted by molar-refractivity contribution is 9.10. The van der Waals surface area contributed by atoms with Crippen LogP contribution < -0.4 is 5.32 Å². The molecule has 8 heteroatoms. The number of hydrogen-bond donors (Lipinski definition) is 2. The number of halogens is 1. The molecule has 1 amide bonds. The molecule has 0 aliphatic heterocycles. The molecule has 1 aromatic rings. The summed E-state index contributed by atoms with van der Waals surface area (Å²) in [5.74, 6) is -1.32. The smallest absolute Gasteiger partial charge is 0.305 e. The Hall–Kier alpha value is -1.96. The van der Waals surface area contributed by atoms with E-state index >= 15 is 0 Å². The van der Waals surface area contributed by atoms with Crippen LogP contribution in [0.5, 0.6) is 0 Å². The maximum atomic E-state index is 12.2. The zero-order valence-electron chi connectivity index (χ0n) is 10.9. The number of carboxylic acids is 1. The van der Waals surface area contributed by atoms with Crippen molar-refractivity contribution >= 4 is 33.5 Å². The lowest BCUT2D eigenvalue weighted by molar-refractivity contribution is -0.384. The zero-order valence-corrected chi connectivity index (χ0v) is 12.5. The highest BCUT2D eigenvalue weighted by Gasteiger charge is 2.34. The number of carbonyl (C=O) groups is 2. The van der Waals surface area contributed by atoms with E-state index in [0.717, 1.165) is 12.8 Å². The van der Waals surface area contributed by atoms with Crippen molar-refractivity contribution in [1.82, 2.24) is 5.32 Å². The third kappa shape index (κ3) is 4.01. The maximum Gasteiger partial charge on any atom is 0.305 e. The van der Waals surface area contributed by atoms with Gasteiger partial charge in [0.15, 0.2) is 0 Å². The zero-order chi connectivity index (χ0) is 15.6. The summed E-state index contributed by atoms with van der Waals surface area (Å²) in [6, 6.07) is 3.44. The van der Waals surface area contributed by atoms with E-state index in [1.807, 2.05) is 0 Å². The van der Waals surface area contributed by atoms with Crippen LogP contribution in [0.2, 0.25) is 0 Å². The number of carboxylic acid groups (broad SMARTS) is 1. The van der Waals surface area contributed by atoms with Gasteiger partial charge in [-0.3, -0.25) is 19.7 Å². The number of nitrogens with zero attached hydrogens (tertiary/aromatic N) is 1. The van der Waals surface area contributed by atoms with E-state index in [4.69, 9.17) is 5.11 Å². The molecule has 1 fully saturated rings. The van der Waals surface area contributed by atoms with Crippen LogP contribution in [-0.2, 0) is 4.79 Å². The minimum absolute atomic E-state index is 0.125. The Morgan fingerprint density at radius 1 is 1.48 bits per heavy atom. The van der Waals surface area contributed by atoms with E-state index in [1.165, 1.54) is 18.2 Å². The van der Waals surface area contributed by atoms with E-state index in [-0.39, 0.29) is 23.6 Å². The third-order valence-electron chi connectivity index (χ3n) is 3.31. The number of amides is 1. The molecular weight excluding hydrogens is 344 g/mol. The van der Waals surface area contributed by atoms with Gasteiger partial charge in [-0.2, -0.15) is 0 Å². The van der Waals surface area contributed by atoms with Gasteiger partial charge in [-0.25, -0.2) is 0 Å². The van der Waals surface area contributed by atoms with Crippen LogP contribution in [0.3, 0.4) is 0 Å². The molecule has 1 aromatic carbocycles. The lowest BCUT2D eigenvalue weighted by atomic mass is 10.1. The topological polar surface area (TPSA) is 110 Å². The van der Waals surface area contributed by atoms with Crippen molar-refractivity contribution in [2.45, 2.75) is 25.3 Å². The molecule has 0 heterocycles. The number of non-ortho nitro benzene ring substituents is 1. The molecule has 0 saturated heterocycles. The first-order valence-electron chi connectivity index (χ1n) is 6.35. The number of nitrogens with one attached hydrogen (secondary N) is 1. The number of aliphatic carboxylic acids is 1. The van der Waals surface area contributed by atoms with Gasteiger partial charge >= 0.3 is 5.97 Å². The van der Waals surface area contributed by atoms with Crippen LogP contribution >= 0.6 is 15.9 Å². The van der Waals surface area contributed by atoms with Gasteiger partial charge in [0, 0.05) is 22.6 Å². The van der Waals surface area contributed by atoms with Gasteiger partial charge in [0.1, 0.15) is 0 Å². The second-order valence-corrected chi connectivity index (χ2v) is 5.79. The van der Waals surface area contributed by atoms with E-state index < -0.39 is 22.8 Å². The minimum atomic E-state index is -0.981. The van der Waals surface area contributed by atoms with Crippen molar-refractivity contribution in [1.29, 1.82) is 0 Å². The summed E-state index contributed by atoms with van der Waals surface area (Å²) in [5, 5.41) is 22.3. The summed E-state index contributed by atoms with van der Waals surface area (Å²) in [4.78, 5) is 33.2. The number of carbonyl (C=O) groups excluding carboxylic acids is 1. The third-order valence-corrected chi connectivity index (χ3v) is 4.00. The Morgan fingerprint density at radius 3 is 2.67 bits per heavy atom. The summed E-state index contributed by atoms with van der Waals surface area (Å²) < 4.78 is 0.426. The van der Waals surface area contributed by atoms with Gasteiger partial charge in [0.25, 0.3) is 11.6 Å². The average molecular weight is 357 g/mol. The number of hydrogen-bond acceptors (Lipinski definition) is 4. The van der Waals surface area contributed by atoms with Gasteiger partial charge in [-0.05, 0) is 40.8 Å². The molecule has 1 aliphatic carbocycles. The first kappa shape index (κ1) is 15.4. The molecule has 1 saturated carbocycles. The number of nitro groups is 1. The van der Waals surface area contributed by atoms with Crippen LogP contribution in [-0.4, -0.2) is 27.9 Å². The van der Waals surface area contributed by atoms with Gasteiger partial charge in [0.2, 0.25) is 0 Å². The second-order valence-electron chi connectivity index (χ2n) is 4.94. The molecular formula is C13H13BrN2O5. The molecule has 1 atom stereocenters. The lowest BCUT2D eigenvalue weighted by Crippen LogP contribution is -2.38. The standard InChI is InChI=1S/C13H13BrN2O5/c14-10-4-3-8(16(20)21)5-9(10)13(19)15-11(6-12(17)18)7-1-2-7/h3-5,7,11H,1-2,6H2,(H,15,19)(H,17,18). The van der Waals surface area contributed by atoms with Gasteiger partial charge < -0.3 is 10.4 Å². The summed E-state index contributed by atoms with van der Waals surface area (Å²) in [5.41, 5.74) is -0.0650. The van der Waals surface area contributed by atoms with Gasteiger partial charge in [0.05, 0.1) is 16.9 Å². The predicted octanol–water partition coefficient (Wildman–Crippen LogP) is 2.34. The Balaban J connectivity index is 2.16. The molecule has 2 rings (SSSR count). The lowest BCUT2D eigenvalue weighted by Gasteiger charge is -2.16. The summed E-state index contributed by atoms with van der Waals surface area (Å²) in [6.45, 7) is 0. The first-order chi connectivity index (χ1) is 9.88. The average Bonchev–Trinajstić information content (AvgIpc) is 3.21. The van der Waals surface area contributed by atoms with Crippen LogP contribution in [0.15, 0.2) is 22.7 Å². The Labute approximate surface area is 128 Å². The number of rotatable bonds is 6. The summed E-state index contributed by atoms with van der Waals surface area (Å²) in [7, 11) is 0. The van der Waals surface area contributed by atoms with Crippen molar-refractivity contribution in [3.8, 4) is 0 Å².